The molecule has 1 heterocycles. The predicted molar refractivity (Wildman–Crippen MR) is 79.4 cm³/mol. The normalized spacial score (nSPS) is 9.94. The molecule has 0 fully saturated rings. The highest BCUT2D eigenvalue weighted by Gasteiger charge is 2.01. The monoisotopic (exact) mass is 237 g/mol. The molecule has 3 rings (SSSR count). The fourth-order valence-electron chi connectivity index (χ4n) is 2.01. The van der Waals surface area contributed by atoms with Crippen molar-refractivity contribution in [1.29, 1.82) is 0 Å². The third-order valence-corrected chi connectivity index (χ3v) is 2.91. The average Bonchev–Trinajstić information content (AvgIpc) is 2.86. The highest BCUT2D eigenvalue weighted by Crippen LogP contribution is 2.20. The maximum Gasteiger partial charge on any atom is 0.0528 e. The van der Waals surface area contributed by atoms with Gasteiger partial charge < -0.3 is 4.57 Å². The molecular weight excluding hydrogens is 218 g/mol. The largest absolute Gasteiger partial charge is 0.317 e. The van der Waals surface area contributed by atoms with Crippen molar-refractivity contribution in [1.82, 2.24) is 4.57 Å². The highest BCUT2D eigenvalue weighted by atomic mass is 15.0. The summed E-state index contributed by atoms with van der Waals surface area (Å²) in [7, 11) is 0. The first-order chi connectivity index (χ1) is 8.84. The topological polar surface area (TPSA) is 4.93 Å². The van der Waals surface area contributed by atoms with Crippen LogP contribution < -0.4 is 0 Å². The third-order valence-electron chi connectivity index (χ3n) is 2.91. The van der Waals surface area contributed by atoms with E-state index in [0.29, 0.717) is 0 Å². The van der Waals surface area contributed by atoms with Crippen molar-refractivity contribution in [3.63, 3.8) is 0 Å². The van der Waals surface area contributed by atoms with E-state index in [0.717, 1.165) is 0 Å². The molecule has 3 aromatic rings. The number of hydrogen-bond acceptors (Lipinski definition) is 0. The quantitative estimate of drug-likeness (QED) is 0.563. The molecule has 0 saturated carbocycles. The van der Waals surface area contributed by atoms with E-state index in [4.69, 9.17) is 0 Å². The Bertz CT molecular complexity index is 617. The van der Waals surface area contributed by atoms with Gasteiger partial charge in [-0.25, -0.2) is 0 Å². The Morgan fingerprint density at radius 2 is 1.44 bits per heavy atom. The van der Waals surface area contributed by atoms with Gasteiger partial charge in [-0.3, -0.25) is 0 Å². The third kappa shape index (κ3) is 2.30. The molecule has 92 valence electrons. The Morgan fingerprint density at radius 1 is 0.778 bits per heavy atom. The summed E-state index contributed by atoms with van der Waals surface area (Å²) in [5.41, 5.74) is 3.76. The summed E-state index contributed by atoms with van der Waals surface area (Å²) < 4.78 is 2.22. The summed E-state index contributed by atoms with van der Waals surface area (Å²) in [6.07, 6.45) is 2.12. The molecule has 0 aliphatic rings. The molecule has 0 spiro atoms. The Balaban J connectivity index is 0.000000574. The summed E-state index contributed by atoms with van der Waals surface area (Å²) in [5.74, 6) is 0. The molecule has 18 heavy (non-hydrogen) atoms. The minimum absolute atomic E-state index is 1.21. The van der Waals surface area contributed by atoms with Crippen molar-refractivity contribution in [3.05, 3.63) is 66.4 Å². The molecule has 0 aliphatic carbocycles. The zero-order chi connectivity index (χ0) is 13.0. The first-order valence-electron chi connectivity index (χ1n) is 6.48. The molecule has 0 N–H and O–H groups in total. The van der Waals surface area contributed by atoms with Crippen LogP contribution in [0.5, 0.6) is 0 Å². The van der Waals surface area contributed by atoms with Crippen LogP contribution in [0.3, 0.4) is 0 Å². The van der Waals surface area contributed by atoms with Gasteiger partial charge in [0.15, 0.2) is 0 Å². The molecule has 1 heteroatoms. The Labute approximate surface area is 109 Å². The lowest BCUT2D eigenvalue weighted by Crippen LogP contribution is -1.90. The summed E-state index contributed by atoms with van der Waals surface area (Å²) in [6, 6.07) is 19.2. The maximum atomic E-state index is 2.22. The van der Waals surface area contributed by atoms with Gasteiger partial charge in [0.1, 0.15) is 0 Å². The molecule has 0 atom stereocenters. The second-order valence-electron chi connectivity index (χ2n) is 4.08. The van der Waals surface area contributed by atoms with Crippen LogP contribution in [0.4, 0.5) is 0 Å². The van der Waals surface area contributed by atoms with E-state index in [2.05, 4.69) is 72.3 Å². The summed E-state index contributed by atoms with van der Waals surface area (Å²) in [5, 5.41) is 1.28. The predicted octanol–water partition coefficient (Wildman–Crippen LogP) is 4.97. The standard InChI is InChI=1S/C15H13N.C2H6/c1-12-6-8-14(9-7-12)16-11-10-13-4-2-3-5-15(13)16;1-2/h2-11H,1H3;1-2H3. The summed E-state index contributed by atoms with van der Waals surface area (Å²) >= 11 is 0. The van der Waals surface area contributed by atoms with E-state index in [1.165, 1.54) is 22.2 Å². The van der Waals surface area contributed by atoms with E-state index in [-0.39, 0.29) is 0 Å². The van der Waals surface area contributed by atoms with E-state index >= 15 is 0 Å². The number of nitrogens with zero attached hydrogens (tertiary/aromatic N) is 1. The number of fused-ring (bicyclic) bond motifs is 1. The van der Waals surface area contributed by atoms with Crippen molar-refractivity contribution in [2.75, 3.05) is 0 Å². The number of aryl methyl sites for hydroxylation is 1. The number of hydrogen-bond donors (Lipinski definition) is 0. The zero-order valence-electron chi connectivity index (χ0n) is 11.2. The molecule has 1 aromatic heterocycles. The van der Waals surface area contributed by atoms with Gasteiger partial charge in [0.25, 0.3) is 0 Å². The van der Waals surface area contributed by atoms with Gasteiger partial charge >= 0.3 is 0 Å². The Hall–Kier alpha value is -2.02. The van der Waals surface area contributed by atoms with Crippen molar-refractivity contribution in [2.45, 2.75) is 20.8 Å². The Morgan fingerprint density at radius 3 is 2.17 bits per heavy atom. The van der Waals surface area contributed by atoms with E-state index in [1.54, 1.807) is 0 Å². The van der Waals surface area contributed by atoms with E-state index in [9.17, 15) is 0 Å². The molecule has 2 aromatic carbocycles. The average molecular weight is 237 g/mol. The molecule has 0 bridgehead atoms. The van der Waals surface area contributed by atoms with Crippen LogP contribution in [0.2, 0.25) is 0 Å². The lowest BCUT2D eigenvalue weighted by Gasteiger charge is -2.05. The molecule has 0 unspecified atom stereocenters. The van der Waals surface area contributed by atoms with Crippen molar-refractivity contribution in [2.24, 2.45) is 0 Å². The lowest BCUT2D eigenvalue weighted by molar-refractivity contribution is 1.12. The van der Waals surface area contributed by atoms with Gasteiger partial charge in [0.05, 0.1) is 5.52 Å². The molecule has 0 aliphatic heterocycles. The van der Waals surface area contributed by atoms with E-state index < -0.39 is 0 Å². The number of rotatable bonds is 1. The fraction of sp³-hybridized carbons (Fsp3) is 0.176. The Kier molecular flexibility index (Phi) is 3.83. The van der Waals surface area contributed by atoms with Crippen LogP contribution in [-0.2, 0) is 0 Å². The first-order valence-corrected chi connectivity index (χ1v) is 6.48. The highest BCUT2D eigenvalue weighted by molar-refractivity contribution is 5.81. The van der Waals surface area contributed by atoms with Gasteiger partial charge in [-0.2, -0.15) is 0 Å². The molecule has 0 saturated heterocycles. The van der Waals surface area contributed by atoms with Crippen molar-refractivity contribution >= 4 is 10.9 Å². The maximum absolute atomic E-state index is 2.22. The number of aromatic nitrogens is 1. The fourth-order valence-corrected chi connectivity index (χ4v) is 2.01. The summed E-state index contributed by atoms with van der Waals surface area (Å²) in [6.45, 7) is 6.11. The minimum atomic E-state index is 1.21. The van der Waals surface area contributed by atoms with Gasteiger partial charge in [0, 0.05) is 11.9 Å². The van der Waals surface area contributed by atoms with E-state index in [1.807, 2.05) is 13.8 Å². The smallest absolute Gasteiger partial charge is 0.0528 e. The van der Waals surface area contributed by atoms with Gasteiger partial charge in [-0.15, -0.1) is 0 Å². The van der Waals surface area contributed by atoms with Crippen LogP contribution in [0.25, 0.3) is 16.6 Å². The SMILES string of the molecule is CC.Cc1ccc(-n2ccc3ccccc32)cc1. The van der Waals surface area contributed by atoms with Crippen LogP contribution in [-0.4, -0.2) is 4.57 Å². The second-order valence-corrected chi connectivity index (χ2v) is 4.08. The zero-order valence-corrected chi connectivity index (χ0v) is 11.2. The van der Waals surface area contributed by atoms with Crippen molar-refractivity contribution < 1.29 is 0 Å². The molecule has 1 nitrogen and oxygen atoms in total. The minimum Gasteiger partial charge on any atom is -0.317 e. The van der Waals surface area contributed by atoms with Crippen LogP contribution in [0.15, 0.2) is 60.8 Å². The van der Waals surface area contributed by atoms with Crippen LogP contribution in [0, 0.1) is 6.92 Å². The number of para-hydroxylation sites is 1. The van der Waals surface area contributed by atoms with Crippen molar-refractivity contribution in [3.8, 4) is 5.69 Å². The first kappa shape index (κ1) is 12.4. The molecule has 0 radical (unpaired) electrons. The van der Waals surface area contributed by atoms with Gasteiger partial charge in [-0.05, 0) is 36.6 Å². The van der Waals surface area contributed by atoms with Gasteiger partial charge in [0.2, 0.25) is 0 Å². The lowest BCUT2D eigenvalue weighted by atomic mass is 10.2. The van der Waals surface area contributed by atoms with Gasteiger partial charge in [-0.1, -0.05) is 49.7 Å². The molecular formula is C17H19N. The van der Waals surface area contributed by atoms with Crippen LogP contribution >= 0.6 is 0 Å². The second kappa shape index (κ2) is 5.54. The van der Waals surface area contributed by atoms with Crippen LogP contribution in [0.1, 0.15) is 19.4 Å². The summed E-state index contributed by atoms with van der Waals surface area (Å²) in [4.78, 5) is 0. The number of benzene rings is 2. The molecule has 0 amide bonds.